The topological polar surface area (TPSA) is 186 Å². The third kappa shape index (κ3) is 7.80. The van der Waals surface area contributed by atoms with Crippen LogP contribution in [0.2, 0.25) is 0 Å². The van der Waals surface area contributed by atoms with Crippen LogP contribution in [0.15, 0.2) is 182 Å². The van der Waals surface area contributed by atoms with Crippen LogP contribution in [-0.4, -0.2) is 66.3 Å². The molecular weight excluding hydrogens is 913 g/mol. The van der Waals surface area contributed by atoms with Crippen molar-refractivity contribution in [1.29, 1.82) is 0 Å². The Bertz CT molecular complexity index is 3040. The number of allylic oxidation sites excluding steroid dienone is 4. The van der Waals surface area contributed by atoms with Crippen molar-refractivity contribution >= 4 is 35.3 Å². The number of carbonyl (C=O) groups is 4. The summed E-state index contributed by atoms with van der Waals surface area (Å²) in [4.78, 5) is 51.0. The van der Waals surface area contributed by atoms with Crippen LogP contribution < -0.4 is 9.47 Å². The number of benzene rings is 6. The smallest absolute Gasteiger partial charge is 0.251 e. The molecule has 2 saturated heterocycles. The summed E-state index contributed by atoms with van der Waals surface area (Å²) in [6.07, 6.45) is 11.0. The van der Waals surface area contributed by atoms with E-state index in [9.17, 15) is 39.6 Å². The molecule has 6 aromatic carbocycles. The molecule has 0 aromatic heterocycles. The minimum Gasteiger partial charge on any atom is -0.507 e. The molecule has 8 atom stereocenters. The molecule has 0 unspecified atom stereocenters. The van der Waals surface area contributed by atoms with Gasteiger partial charge in [0, 0.05) is 23.0 Å². The van der Waals surface area contributed by atoms with Gasteiger partial charge in [0.1, 0.15) is 23.0 Å². The molecule has 12 rings (SSSR count). The van der Waals surface area contributed by atoms with Gasteiger partial charge in [-0.15, -0.1) is 0 Å². The molecule has 2 aliphatic carbocycles. The minimum atomic E-state index is -1.70. The van der Waals surface area contributed by atoms with E-state index < -0.39 is 46.8 Å². The maximum Gasteiger partial charge on any atom is 0.251 e. The number of fused-ring (bicyclic) bond motifs is 4. The van der Waals surface area contributed by atoms with Gasteiger partial charge in [-0.1, -0.05) is 133 Å². The van der Waals surface area contributed by atoms with Crippen LogP contribution in [0.25, 0.3) is 12.2 Å². The van der Waals surface area contributed by atoms with E-state index in [1.165, 1.54) is 48.6 Å². The van der Waals surface area contributed by atoms with Crippen LogP contribution in [0.1, 0.15) is 104 Å². The van der Waals surface area contributed by atoms with E-state index in [4.69, 9.17) is 18.9 Å². The third-order valence-corrected chi connectivity index (χ3v) is 14.6. The van der Waals surface area contributed by atoms with E-state index in [1.807, 2.05) is 121 Å². The molecule has 12 nitrogen and oxygen atoms in total. The molecule has 2 fully saturated rings. The summed E-state index contributed by atoms with van der Waals surface area (Å²) in [6, 6.07) is 44.0. The molecule has 4 heterocycles. The van der Waals surface area contributed by atoms with Crippen LogP contribution in [0.5, 0.6) is 23.0 Å². The second kappa shape index (κ2) is 18.0. The lowest BCUT2D eigenvalue weighted by Crippen LogP contribution is -2.68. The monoisotopic (exact) mass is 960 g/mol. The molecule has 4 bridgehead atoms. The zero-order valence-electron chi connectivity index (χ0n) is 38.7. The number of ether oxygens (including phenoxy) is 4. The first kappa shape index (κ1) is 46.4. The zero-order valence-corrected chi connectivity index (χ0v) is 38.7. The standard InChI is InChI=1S/2C30H24O6/c2*31-21-15-16-29(34)23-17-26(20-9-5-2-6-10-20)36-30(29,18-21)35-25-14-12-22(28(33)27(23)25)24(32)13-11-19-7-3-1-4-8-19/h2*1-16,23,26,33-34H,17-18H2/b2*13-11+/t2*23-,26-,29-,30-/m00/s1. The molecule has 6 aromatic rings. The molecule has 0 saturated carbocycles. The lowest BCUT2D eigenvalue weighted by molar-refractivity contribution is -0.329. The van der Waals surface area contributed by atoms with Gasteiger partial charge in [-0.25, -0.2) is 0 Å². The molecule has 4 aliphatic heterocycles. The average Bonchev–Trinajstić information content (AvgIpc) is 3.38. The lowest BCUT2D eigenvalue weighted by Gasteiger charge is -2.58. The van der Waals surface area contributed by atoms with E-state index >= 15 is 0 Å². The Morgan fingerprint density at radius 1 is 0.500 bits per heavy atom. The number of ketones is 4. The Labute approximate surface area is 414 Å². The van der Waals surface area contributed by atoms with E-state index in [0.29, 0.717) is 35.5 Å². The number of rotatable bonds is 8. The first-order chi connectivity index (χ1) is 34.8. The predicted molar refractivity (Wildman–Crippen MR) is 265 cm³/mol. The van der Waals surface area contributed by atoms with Crippen LogP contribution in [-0.2, 0) is 19.1 Å². The van der Waals surface area contributed by atoms with Crippen LogP contribution in [0.3, 0.4) is 0 Å². The van der Waals surface area contributed by atoms with Gasteiger partial charge in [-0.05, 0) is 95.8 Å². The van der Waals surface area contributed by atoms with Gasteiger partial charge in [0.25, 0.3) is 11.6 Å². The van der Waals surface area contributed by atoms with Gasteiger partial charge < -0.3 is 39.4 Å². The summed E-state index contributed by atoms with van der Waals surface area (Å²) in [5.41, 5.74) is 0.974. The number of phenolic OH excluding ortho intramolecular Hbond substituents is 2. The highest BCUT2D eigenvalue weighted by molar-refractivity contribution is 6.10. The van der Waals surface area contributed by atoms with E-state index in [1.54, 1.807) is 24.3 Å². The number of carbonyl (C=O) groups excluding carboxylic acids is 4. The van der Waals surface area contributed by atoms with Crippen molar-refractivity contribution in [2.75, 3.05) is 0 Å². The molecule has 4 N–H and O–H groups in total. The van der Waals surface area contributed by atoms with Crippen LogP contribution in [0.4, 0.5) is 0 Å². The second-order valence-electron chi connectivity index (χ2n) is 18.9. The first-order valence-corrected chi connectivity index (χ1v) is 23.8. The maximum absolute atomic E-state index is 13.1. The van der Waals surface area contributed by atoms with Gasteiger partial charge in [0.2, 0.25) is 0 Å². The number of hydrogen-bond donors (Lipinski definition) is 4. The quantitative estimate of drug-likeness (QED) is 0.0837. The minimum absolute atomic E-state index is 0.110. The van der Waals surface area contributed by atoms with E-state index in [2.05, 4.69) is 0 Å². The average molecular weight is 961 g/mol. The van der Waals surface area contributed by atoms with Gasteiger partial charge in [-0.3, -0.25) is 19.2 Å². The highest BCUT2D eigenvalue weighted by Gasteiger charge is 2.69. The molecule has 6 aliphatic rings. The Morgan fingerprint density at radius 3 is 1.24 bits per heavy atom. The SMILES string of the molecule is O=C1C=C[C@]2(O)[C@H]3C[C@@H](c4ccccc4)O[C@]2(C1)Oc1ccc(C(=O)/C=C/c2ccccc2)c(O)c13.O=C1C=C[C@]2(O)[C@H]3C[C@@H](c4ccccc4)O[C@]2(C1)Oc1ccc(C(=O)/C=C/c2ccccc2)c(O)c13. The fourth-order valence-corrected chi connectivity index (χ4v) is 11.1. The molecule has 0 radical (unpaired) electrons. The number of aliphatic hydroxyl groups is 2. The van der Waals surface area contributed by atoms with Gasteiger partial charge in [0.05, 0.1) is 36.2 Å². The molecule has 0 spiro atoms. The highest BCUT2D eigenvalue weighted by atomic mass is 16.7. The Balaban J connectivity index is 0.000000156. The Kier molecular flexibility index (Phi) is 11.6. The fraction of sp³-hybridized carbons (Fsp3) is 0.200. The molecule has 0 amide bonds. The summed E-state index contributed by atoms with van der Waals surface area (Å²) in [5.74, 6) is -5.70. The summed E-state index contributed by atoms with van der Waals surface area (Å²) in [7, 11) is 0. The lowest BCUT2D eigenvalue weighted by atomic mass is 9.65. The van der Waals surface area contributed by atoms with Crippen LogP contribution >= 0.6 is 0 Å². The van der Waals surface area contributed by atoms with Gasteiger partial charge in [-0.2, -0.15) is 0 Å². The number of phenols is 2. The summed E-state index contributed by atoms with van der Waals surface area (Å²) in [5, 5.41) is 46.5. The molecule has 360 valence electrons. The zero-order chi connectivity index (χ0) is 49.8. The summed E-state index contributed by atoms with van der Waals surface area (Å²) >= 11 is 0. The molecular formula is C60H48O12. The normalized spacial score (nSPS) is 28.3. The number of aromatic hydroxyl groups is 2. The van der Waals surface area contributed by atoms with Crippen molar-refractivity contribution in [2.45, 2.75) is 72.5 Å². The number of hydrogen-bond acceptors (Lipinski definition) is 12. The fourth-order valence-electron chi connectivity index (χ4n) is 11.1. The Hall–Kier alpha value is -8.00. The van der Waals surface area contributed by atoms with E-state index in [-0.39, 0.29) is 58.6 Å². The van der Waals surface area contributed by atoms with Crippen molar-refractivity contribution in [2.24, 2.45) is 0 Å². The van der Waals surface area contributed by atoms with Crippen molar-refractivity contribution in [3.8, 4) is 23.0 Å². The van der Waals surface area contributed by atoms with Crippen molar-refractivity contribution in [3.63, 3.8) is 0 Å². The van der Waals surface area contributed by atoms with Crippen LogP contribution in [0, 0.1) is 0 Å². The first-order valence-electron chi connectivity index (χ1n) is 23.8. The summed E-state index contributed by atoms with van der Waals surface area (Å²) < 4.78 is 25.2. The largest absolute Gasteiger partial charge is 0.507 e. The van der Waals surface area contributed by atoms with Crippen molar-refractivity contribution in [3.05, 3.63) is 227 Å². The van der Waals surface area contributed by atoms with Gasteiger partial charge >= 0.3 is 0 Å². The van der Waals surface area contributed by atoms with Gasteiger partial charge in [0.15, 0.2) is 34.3 Å². The predicted octanol–water partition coefficient (Wildman–Crippen LogP) is 9.76. The third-order valence-electron chi connectivity index (χ3n) is 14.6. The van der Waals surface area contributed by atoms with Crippen molar-refractivity contribution < 1.29 is 58.6 Å². The van der Waals surface area contributed by atoms with Crippen molar-refractivity contribution in [1.82, 2.24) is 0 Å². The van der Waals surface area contributed by atoms with E-state index in [0.717, 1.165) is 22.3 Å². The second-order valence-corrected chi connectivity index (χ2v) is 18.9. The summed E-state index contributed by atoms with van der Waals surface area (Å²) in [6.45, 7) is 0. The Morgan fingerprint density at radius 2 is 0.861 bits per heavy atom. The highest BCUT2D eigenvalue weighted by Crippen LogP contribution is 2.63. The molecule has 12 heteroatoms. The maximum atomic E-state index is 13.1. The molecule has 72 heavy (non-hydrogen) atoms.